The molecule has 1 aromatic carbocycles. The molecule has 3 N–H and O–H groups in total. The molecule has 1 aromatic rings. The van der Waals surface area contributed by atoms with Crippen LogP contribution in [-0.2, 0) is 9.59 Å². The number of nitrogens with one attached hydrogen (secondary N) is 2. The van der Waals surface area contributed by atoms with Gasteiger partial charge in [0.05, 0.1) is 24.9 Å². The highest BCUT2D eigenvalue weighted by atomic mass is 16.4. The lowest BCUT2D eigenvalue weighted by Crippen LogP contribution is -2.44. The number of aromatic carboxylic acids is 1. The van der Waals surface area contributed by atoms with Crippen LogP contribution >= 0.6 is 0 Å². The van der Waals surface area contributed by atoms with Crippen LogP contribution in [-0.4, -0.2) is 58.6 Å². The summed E-state index contributed by atoms with van der Waals surface area (Å²) in [5.74, 6) is -1.55. The molecule has 9 heteroatoms. The predicted molar refractivity (Wildman–Crippen MR) is 85.7 cm³/mol. The van der Waals surface area contributed by atoms with E-state index >= 15 is 0 Å². The Labute approximate surface area is 136 Å². The van der Waals surface area contributed by atoms with E-state index in [9.17, 15) is 14.4 Å². The highest BCUT2D eigenvalue weighted by molar-refractivity contribution is 6.44. The van der Waals surface area contributed by atoms with Gasteiger partial charge < -0.3 is 15.7 Å². The van der Waals surface area contributed by atoms with E-state index in [0.717, 1.165) is 0 Å². The number of rotatable bonds is 5. The van der Waals surface area contributed by atoms with Gasteiger partial charge in [0, 0.05) is 5.69 Å². The quantitative estimate of drug-likeness (QED) is 0.642. The van der Waals surface area contributed by atoms with E-state index in [4.69, 9.17) is 5.11 Å². The molecule has 2 amide bonds. The Balaban J connectivity index is 1.53. The van der Waals surface area contributed by atoms with Crippen LogP contribution < -0.4 is 10.6 Å². The zero-order valence-electron chi connectivity index (χ0n) is 12.5. The van der Waals surface area contributed by atoms with E-state index in [1.165, 1.54) is 36.9 Å². The molecule has 122 valence electrons. The van der Waals surface area contributed by atoms with Crippen LogP contribution in [0.15, 0.2) is 34.3 Å². The first-order chi connectivity index (χ1) is 11.5. The van der Waals surface area contributed by atoms with Crippen molar-refractivity contribution in [2.75, 3.05) is 11.9 Å². The SMILES string of the molecule is O=C(CC[N+]1=CN=C2C(=O)NC=NC21)Nc1ccc(C(=O)O)cc1. The van der Waals surface area contributed by atoms with Gasteiger partial charge in [-0.2, -0.15) is 0 Å². The van der Waals surface area contributed by atoms with Gasteiger partial charge in [0.25, 0.3) is 18.2 Å². The number of nitrogens with zero attached hydrogens (tertiary/aromatic N) is 3. The van der Waals surface area contributed by atoms with Gasteiger partial charge >= 0.3 is 11.9 Å². The average Bonchev–Trinajstić information content (AvgIpc) is 2.98. The van der Waals surface area contributed by atoms with Gasteiger partial charge in [0.15, 0.2) is 0 Å². The first-order valence-corrected chi connectivity index (χ1v) is 7.17. The Morgan fingerprint density at radius 3 is 2.75 bits per heavy atom. The largest absolute Gasteiger partial charge is 0.478 e. The molecular weight excluding hydrogens is 314 g/mol. The molecule has 0 aromatic heterocycles. The zero-order chi connectivity index (χ0) is 17.1. The molecular formula is C15H14N5O4+. The number of hydrogen-bond donors (Lipinski definition) is 3. The third-order valence-electron chi connectivity index (χ3n) is 3.56. The fourth-order valence-corrected chi connectivity index (χ4v) is 2.33. The third-order valence-corrected chi connectivity index (χ3v) is 3.56. The Morgan fingerprint density at radius 2 is 2.04 bits per heavy atom. The maximum atomic E-state index is 12.0. The first kappa shape index (κ1) is 15.5. The lowest BCUT2D eigenvalue weighted by atomic mass is 10.2. The van der Waals surface area contributed by atoms with Crippen LogP contribution in [0, 0.1) is 0 Å². The molecule has 0 bridgehead atoms. The minimum Gasteiger partial charge on any atom is -0.478 e. The second-order valence-electron chi connectivity index (χ2n) is 5.17. The van der Waals surface area contributed by atoms with E-state index in [-0.39, 0.29) is 23.8 Å². The predicted octanol–water partition coefficient (Wildman–Crippen LogP) is -0.307. The summed E-state index contributed by atoms with van der Waals surface area (Å²) in [6.45, 7) is 0.349. The molecule has 1 atom stereocenters. The van der Waals surface area contributed by atoms with Crippen molar-refractivity contribution in [1.29, 1.82) is 0 Å². The van der Waals surface area contributed by atoms with Crippen LogP contribution in [0.25, 0.3) is 0 Å². The molecule has 3 rings (SSSR count). The molecule has 2 aliphatic heterocycles. The normalized spacial score (nSPS) is 18.3. The summed E-state index contributed by atoms with van der Waals surface area (Å²) < 4.78 is 1.71. The van der Waals surface area contributed by atoms with Crippen molar-refractivity contribution in [3.05, 3.63) is 29.8 Å². The Morgan fingerprint density at radius 1 is 1.29 bits per heavy atom. The minimum absolute atomic E-state index is 0.151. The number of carboxylic acids is 1. The molecule has 1 unspecified atom stereocenters. The third kappa shape index (κ3) is 3.19. The summed E-state index contributed by atoms with van der Waals surface area (Å²) in [5.41, 5.74) is 0.974. The molecule has 0 radical (unpaired) electrons. The van der Waals surface area contributed by atoms with Crippen molar-refractivity contribution in [3.8, 4) is 0 Å². The molecule has 2 heterocycles. The van der Waals surface area contributed by atoms with Crippen LogP contribution in [0.3, 0.4) is 0 Å². The van der Waals surface area contributed by atoms with Crippen molar-refractivity contribution in [2.45, 2.75) is 12.6 Å². The zero-order valence-corrected chi connectivity index (χ0v) is 12.5. The maximum Gasteiger partial charge on any atom is 0.335 e. The molecule has 24 heavy (non-hydrogen) atoms. The van der Waals surface area contributed by atoms with Crippen molar-refractivity contribution >= 4 is 41.9 Å². The number of anilines is 1. The van der Waals surface area contributed by atoms with Crippen molar-refractivity contribution in [3.63, 3.8) is 0 Å². The van der Waals surface area contributed by atoms with Crippen molar-refractivity contribution < 1.29 is 24.1 Å². The number of carboxylic acid groups (broad SMARTS) is 1. The first-order valence-electron chi connectivity index (χ1n) is 7.17. The number of aliphatic imine (C=N–C) groups is 2. The van der Waals surface area contributed by atoms with Crippen LogP contribution in [0.5, 0.6) is 0 Å². The summed E-state index contributed by atoms with van der Waals surface area (Å²) in [4.78, 5) is 42.5. The second-order valence-corrected chi connectivity index (χ2v) is 5.17. The van der Waals surface area contributed by atoms with Crippen LogP contribution in [0.1, 0.15) is 16.8 Å². The molecule has 0 spiro atoms. The summed E-state index contributed by atoms with van der Waals surface area (Å²) in [5, 5.41) is 14.0. The monoisotopic (exact) mass is 328 g/mol. The number of carbonyl (C=O) groups excluding carboxylic acids is 2. The van der Waals surface area contributed by atoms with E-state index in [0.29, 0.717) is 17.9 Å². The van der Waals surface area contributed by atoms with E-state index in [1.54, 1.807) is 4.58 Å². The van der Waals surface area contributed by atoms with Gasteiger partial charge in [-0.25, -0.2) is 14.4 Å². The number of hydrogen-bond acceptors (Lipinski definition) is 5. The summed E-state index contributed by atoms with van der Waals surface area (Å²) in [7, 11) is 0. The van der Waals surface area contributed by atoms with Crippen molar-refractivity contribution in [2.24, 2.45) is 9.98 Å². The number of fused-ring (bicyclic) bond motifs is 1. The van der Waals surface area contributed by atoms with Crippen LogP contribution in [0.4, 0.5) is 5.69 Å². The smallest absolute Gasteiger partial charge is 0.335 e. The number of amides is 2. The fourth-order valence-electron chi connectivity index (χ4n) is 2.33. The second kappa shape index (κ2) is 6.41. The average molecular weight is 328 g/mol. The fraction of sp³-hybridized carbons (Fsp3) is 0.200. The highest BCUT2D eigenvalue weighted by Gasteiger charge is 2.38. The molecule has 0 saturated heterocycles. The Bertz CT molecular complexity index is 795. The van der Waals surface area contributed by atoms with Gasteiger partial charge in [0.1, 0.15) is 0 Å². The van der Waals surface area contributed by atoms with Gasteiger partial charge in [-0.3, -0.25) is 9.59 Å². The van der Waals surface area contributed by atoms with E-state index in [2.05, 4.69) is 20.6 Å². The number of carbonyl (C=O) groups is 3. The van der Waals surface area contributed by atoms with Gasteiger partial charge in [-0.15, -0.1) is 0 Å². The van der Waals surface area contributed by atoms with Gasteiger partial charge in [-0.1, -0.05) is 0 Å². The highest BCUT2D eigenvalue weighted by Crippen LogP contribution is 2.11. The van der Waals surface area contributed by atoms with E-state index < -0.39 is 12.1 Å². The number of benzene rings is 1. The van der Waals surface area contributed by atoms with E-state index in [1.807, 2.05) is 0 Å². The molecule has 0 saturated carbocycles. The Hall–Kier alpha value is -3.36. The summed E-state index contributed by atoms with van der Waals surface area (Å²) in [6, 6.07) is 5.89. The van der Waals surface area contributed by atoms with Crippen LogP contribution in [0.2, 0.25) is 0 Å². The molecule has 0 aliphatic carbocycles. The summed E-state index contributed by atoms with van der Waals surface area (Å²) in [6.07, 6.45) is 2.51. The van der Waals surface area contributed by atoms with Crippen molar-refractivity contribution in [1.82, 2.24) is 5.32 Å². The van der Waals surface area contributed by atoms with Gasteiger partial charge in [-0.05, 0) is 29.3 Å². The summed E-state index contributed by atoms with van der Waals surface area (Å²) >= 11 is 0. The molecule has 0 fully saturated rings. The lowest BCUT2D eigenvalue weighted by Gasteiger charge is -2.12. The standard InChI is InChI=1S/C15H13N5O4/c21-11(19-10-3-1-9(2-4-10)15(23)24)5-6-20-8-18-12-13(20)16-7-17-14(12)22/h1-4,7-8,13H,5-6H2,(H2-,16,17,19,21,22,23,24)/p+1. The molecule has 9 nitrogen and oxygen atoms in total. The molecule has 2 aliphatic rings. The Kier molecular flexibility index (Phi) is 4.15. The maximum absolute atomic E-state index is 12.0. The topological polar surface area (TPSA) is 123 Å². The van der Waals surface area contributed by atoms with Gasteiger partial charge in [0.2, 0.25) is 5.91 Å². The minimum atomic E-state index is -1.02. The lowest BCUT2D eigenvalue weighted by molar-refractivity contribution is -0.538.